The van der Waals surface area contributed by atoms with E-state index in [2.05, 4.69) is 0 Å². The van der Waals surface area contributed by atoms with Gasteiger partial charge in [-0.3, -0.25) is 0 Å². The summed E-state index contributed by atoms with van der Waals surface area (Å²) < 4.78 is 0. The number of rotatable bonds is 2. The molecule has 5 heteroatoms. The molecule has 106 valence electrons. The Morgan fingerprint density at radius 1 is 1.55 bits per heavy atom. The molecule has 0 amide bonds. The van der Waals surface area contributed by atoms with Crippen LogP contribution in [-0.2, 0) is 4.79 Å². The van der Waals surface area contributed by atoms with Gasteiger partial charge in [0.15, 0.2) is 0 Å². The van der Waals surface area contributed by atoms with Crippen LogP contribution in [0.2, 0.25) is 5.02 Å². The number of carbonyl (C=O) groups is 1. The number of nitriles is 1. The van der Waals surface area contributed by atoms with E-state index in [1.165, 1.54) is 0 Å². The molecule has 0 radical (unpaired) electrons. The second-order valence-electron chi connectivity index (χ2n) is 5.80. The number of nitrogens with zero attached hydrogens (tertiary/aromatic N) is 2. The number of anilines is 1. The van der Waals surface area contributed by atoms with E-state index in [1.807, 2.05) is 24.8 Å². The van der Waals surface area contributed by atoms with Crippen LogP contribution in [0.25, 0.3) is 0 Å². The van der Waals surface area contributed by atoms with Crippen LogP contribution < -0.4 is 4.90 Å². The van der Waals surface area contributed by atoms with Gasteiger partial charge in [0.2, 0.25) is 0 Å². The number of aliphatic carboxylic acids is 1. The van der Waals surface area contributed by atoms with Crippen molar-refractivity contribution in [2.24, 2.45) is 5.41 Å². The Labute approximate surface area is 123 Å². The van der Waals surface area contributed by atoms with Crippen molar-refractivity contribution in [1.82, 2.24) is 0 Å². The van der Waals surface area contributed by atoms with Crippen LogP contribution in [0.4, 0.5) is 5.69 Å². The van der Waals surface area contributed by atoms with Gasteiger partial charge in [0.1, 0.15) is 6.04 Å². The van der Waals surface area contributed by atoms with Crippen molar-refractivity contribution in [2.75, 3.05) is 11.4 Å². The van der Waals surface area contributed by atoms with E-state index in [0.717, 1.165) is 12.8 Å². The topological polar surface area (TPSA) is 64.3 Å². The molecule has 0 spiro atoms. The molecule has 1 aromatic rings. The number of halogens is 1. The Hall–Kier alpha value is -1.73. The first-order chi connectivity index (χ1) is 9.36. The van der Waals surface area contributed by atoms with Crippen LogP contribution in [0.3, 0.4) is 0 Å². The van der Waals surface area contributed by atoms with Crippen LogP contribution in [0, 0.1) is 16.7 Å². The fourth-order valence-corrected chi connectivity index (χ4v) is 3.22. The summed E-state index contributed by atoms with van der Waals surface area (Å²) in [4.78, 5) is 13.5. The fourth-order valence-electron chi connectivity index (χ4n) is 2.93. The minimum absolute atomic E-state index is 0.318. The zero-order valence-corrected chi connectivity index (χ0v) is 12.3. The molecule has 1 aliphatic heterocycles. The lowest BCUT2D eigenvalue weighted by molar-refractivity contribution is -0.142. The quantitative estimate of drug-likeness (QED) is 0.908. The predicted octanol–water partition coefficient (Wildman–Crippen LogP) is 3.29. The maximum atomic E-state index is 11.7. The van der Waals surface area contributed by atoms with Crippen LogP contribution >= 0.6 is 11.6 Å². The van der Waals surface area contributed by atoms with Gasteiger partial charge in [0.05, 0.1) is 22.3 Å². The lowest BCUT2D eigenvalue weighted by Crippen LogP contribution is -2.54. The molecular weight excluding hydrogens is 276 g/mol. The Morgan fingerprint density at radius 3 is 2.80 bits per heavy atom. The smallest absolute Gasteiger partial charge is 0.326 e. The zero-order chi connectivity index (χ0) is 14.9. The van der Waals surface area contributed by atoms with Gasteiger partial charge in [-0.25, -0.2) is 4.79 Å². The number of carboxylic acids is 1. The van der Waals surface area contributed by atoms with Gasteiger partial charge in [0.25, 0.3) is 0 Å². The van der Waals surface area contributed by atoms with E-state index in [9.17, 15) is 9.90 Å². The van der Waals surface area contributed by atoms with Crippen molar-refractivity contribution in [3.63, 3.8) is 0 Å². The Balaban J connectivity index is 2.44. The van der Waals surface area contributed by atoms with Gasteiger partial charge < -0.3 is 10.0 Å². The summed E-state index contributed by atoms with van der Waals surface area (Å²) >= 11 is 6.22. The first-order valence-electron chi connectivity index (χ1n) is 6.56. The van der Waals surface area contributed by atoms with Gasteiger partial charge in [-0.2, -0.15) is 5.26 Å². The molecule has 1 unspecified atom stereocenters. The molecule has 1 atom stereocenters. The maximum Gasteiger partial charge on any atom is 0.326 e. The number of hydrogen-bond donors (Lipinski definition) is 1. The van der Waals surface area contributed by atoms with Crippen molar-refractivity contribution in [3.8, 4) is 6.07 Å². The Morgan fingerprint density at radius 2 is 2.25 bits per heavy atom. The average Bonchev–Trinajstić information content (AvgIpc) is 2.36. The summed E-state index contributed by atoms with van der Waals surface area (Å²) in [5.74, 6) is -0.838. The van der Waals surface area contributed by atoms with Crippen molar-refractivity contribution < 1.29 is 9.90 Å². The van der Waals surface area contributed by atoms with E-state index in [1.54, 1.807) is 18.2 Å². The Kier molecular flexibility index (Phi) is 3.92. The van der Waals surface area contributed by atoms with E-state index in [-0.39, 0.29) is 5.41 Å². The van der Waals surface area contributed by atoms with E-state index < -0.39 is 12.0 Å². The van der Waals surface area contributed by atoms with Gasteiger partial charge in [-0.15, -0.1) is 0 Å². The molecule has 0 aliphatic carbocycles. The van der Waals surface area contributed by atoms with Gasteiger partial charge in [-0.05, 0) is 36.5 Å². The summed E-state index contributed by atoms with van der Waals surface area (Å²) in [5.41, 5.74) is 0.842. The second-order valence-corrected chi connectivity index (χ2v) is 6.21. The summed E-state index contributed by atoms with van der Waals surface area (Å²) in [6.07, 6.45) is 1.79. The summed E-state index contributed by atoms with van der Waals surface area (Å²) in [6.45, 7) is 4.59. The summed E-state index contributed by atoms with van der Waals surface area (Å²) in [7, 11) is 0. The van der Waals surface area contributed by atoms with E-state index in [4.69, 9.17) is 16.9 Å². The number of piperidine rings is 1. The maximum absolute atomic E-state index is 11.7. The predicted molar refractivity (Wildman–Crippen MR) is 78.0 cm³/mol. The van der Waals surface area contributed by atoms with Crippen LogP contribution in [0.1, 0.15) is 32.3 Å². The monoisotopic (exact) mass is 292 g/mol. The van der Waals surface area contributed by atoms with Crippen molar-refractivity contribution in [2.45, 2.75) is 32.7 Å². The van der Waals surface area contributed by atoms with E-state index in [0.29, 0.717) is 22.8 Å². The molecule has 1 aliphatic rings. The standard InChI is InChI=1S/C15H17ClN2O2/c1-15(2)6-3-7-18(13(15)14(19)20)12-5-4-10(9-17)8-11(12)16/h4-5,8,13H,3,6-7H2,1-2H3,(H,19,20). The minimum atomic E-state index is -0.838. The normalized spacial score (nSPS) is 21.3. The van der Waals surface area contributed by atoms with Crippen LogP contribution in [-0.4, -0.2) is 23.7 Å². The largest absolute Gasteiger partial charge is 0.480 e. The van der Waals surface area contributed by atoms with Crippen LogP contribution in [0.5, 0.6) is 0 Å². The first-order valence-corrected chi connectivity index (χ1v) is 6.94. The average molecular weight is 293 g/mol. The first kappa shape index (κ1) is 14.7. The molecule has 0 saturated carbocycles. The molecule has 0 bridgehead atoms. The molecule has 1 aromatic carbocycles. The lowest BCUT2D eigenvalue weighted by atomic mass is 9.76. The molecule has 1 saturated heterocycles. The van der Waals surface area contributed by atoms with Crippen molar-refractivity contribution in [1.29, 1.82) is 5.26 Å². The second kappa shape index (κ2) is 5.34. The number of carboxylic acid groups (broad SMARTS) is 1. The minimum Gasteiger partial charge on any atom is -0.480 e. The van der Waals surface area contributed by atoms with Gasteiger partial charge in [0, 0.05) is 6.54 Å². The third kappa shape index (κ3) is 2.59. The number of benzene rings is 1. The molecule has 4 nitrogen and oxygen atoms in total. The molecule has 0 aromatic heterocycles. The zero-order valence-electron chi connectivity index (χ0n) is 11.6. The highest BCUT2D eigenvalue weighted by atomic mass is 35.5. The highest BCUT2D eigenvalue weighted by Gasteiger charge is 2.43. The molecule has 20 heavy (non-hydrogen) atoms. The van der Waals surface area contributed by atoms with Crippen molar-refractivity contribution >= 4 is 23.3 Å². The Bertz CT molecular complexity index is 578. The third-order valence-corrected chi connectivity index (χ3v) is 4.19. The molecule has 1 N–H and O–H groups in total. The highest BCUT2D eigenvalue weighted by molar-refractivity contribution is 6.33. The molecule has 1 heterocycles. The fraction of sp³-hybridized carbons (Fsp3) is 0.467. The highest BCUT2D eigenvalue weighted by Crippen LogP contribution is 2.40. The third-order valence-electron chi connectivity index (χ3n) is 3.89. The van der Waals surface area contributed by atoms with Crippen LogP contribution in [0.15, 0.2) is 18.2 Å². The summed E-state index contributed by atoms with van der Waals surface area (Å²) in [6, 6.07) is 6.40. The van der Waals surface area contributed by atoms with Gasteiger partial charge in [-0.1, -0.05) is 25.4 Å². The summed E-state index contributed by atoms with van der Waals surface area (Å²) in [5, 5.41) is 18.9. The van der Waals surface area contributed by atoms with Gasteiger partial charge >= 0.3 is 5.97 Å². The SMILES string of the molecule is CC1(C)CCCN(c2ccc(C#N)cc2Cl)C1C(=O)O. The van der Waals surface area contributed by atoms with E-state index >= 15 is 0 Å². The van der Waals surface area contributed by atoms with Crippen molar-refractivity contribution in [3.05, 3.63) is 28.8 Å². The number of hydrogen-bond acceptors (Lipinski definition) is 3. The molecule has 1 fully saturated rings. The lowest BCUT2D eigenvalue weighted by Gasteiger charge is -2.45. The molecular formula is C15H17ClN2O2. The molecule has 2 rings (SSSR count).